The van der Waals surface area contributed by atoms with Gasteiger partial charge in [0.05, 0.1) is 16.8 Å². The summed E-state index contributed by atoms with van der Waals surface area (Å²) in [5, 5.41) is 4.00. The molecule has 1 aromatic heterocycles. The number of anilines is 1. The second kappa shape index (κ2) is 10.8. The van der Waals surface area contributed by atoms with E-state index in [1.165, 1.54) is 42.6 Å². The molecule has 0 spiro atoms. The Balaban J connectivity index is 1.53. The van der Waals surface area contributed by atoms with Crippen molar-refractivity contribution in [2.75, 3.05) is 10.8 Å². The van der Waals surface area contributed by atoms with Crippen LogP contribution >= 0.6 is 0 Å². The van der Waals surface area contributed by atoms with Crippen LogP contribution in [0.25, 0.3) is 5.69 Å². The van der Waals surface area contributed by atoms with E-state index in [2.05, 4.69) is 10.5 Å². The Hall–Kier alpha value is -4.31. The maximum absolute atomic E-state index is 13.5. The van der Waals surface area contributed by atoms with Crippen LogP contribution in [0.4, 0.5) is 14.5 Å². The van der Waals surface area contributed by atoms with Gasteiger partial charge in [0.25, 0.3) is 15.9 Å². The third-order valence-electron chi connectivity index (χ3n) is 5.68. The Morgan fingerprint density at radius 3 is 2.16 bits per heavy atom. The van der Waals surface area contributed by atoms with Gasteiger partial charge in [0.15, 0.2) is 0 Å². The van der Waals surface area contributed by atoms with Crippen LogP contribution in [0.5, 0.6) is 0 Å². The molecule has 0 bridgehead atoms. The van der Waals surface area contributed by atoms with Crippen molar-refractivity contribution in [2.45, 2.75) is 18.7 Å². The Labute approximate surface area is 213 Å². The smallest absolute Gasteiger partial charge is 0.264 e. The fourth-order valence-electron chi connectivity index (χ4n) is 3.89. The molecule has 4 aromatic rings. The van der Waals surface area contributed by atoms with E-state index >= 15 is 0 Å². The Morgan fingerprint density at radius 1 is 0.946 bits per heavy atom. The third-order valence-corrected chi connectivity index (χ3v) is 7.47. The van der Waals surface area contributed by atoms with Crippen molar-refractivity contribution in [3.8, 4) is 5.69 Å². The number of halogens is 2. The standard InChI is InChI=1S/C27H24F2N4O3S/c1-19-16-21(20(2)33(19)25-14-10-23(29)11-15-25)17-30-31-27(34)18-32(24-12-8-22(28)9-13-24)37(35,36)26-6-4-3-5-7-26/h3-17H,18H2,1-2H3,(H,31,34)/b30-17-. The predicted molar refractivity (Wildman–Crippen MR) is 138 cm³/mol. The summed E-state index contributed by atoms with van der Waals surface area (Å²) in [6.45, 7) is 3.18. The van der Waals surface area contributed by atoms with Gasteiger partial charge in [-0.1, -0.05) is 18.2 Å². The molecule has 0 atom stereocenters. The number of hydrogen-bond acceptors (Lipinski definition) is 4. The van der Waals surface area contributed by atoms with Crippen molar-refractivity contribution in [3.05, 3.63) is 114 Å². The van der Waals surface area contributed by atoms with Gasteiger partial charge < -0.3 is 4.57 Å². The van der Waals surface area contributed by atoms with Crippen LogP contribution in [0.3, 0.4) is 0 Å². The number of aromatic nitrogens is 1. The number of carbonyl (C=O) groups excluding carboxylic acids is 1. The van der Waals surface area contributed by atoms with Gasteiger partial charge in [-0.15, -0.1) is 0 Å². The van der Waals surface area contributed by atoms with Crippen molar-refractivity contribution >= 4 is 27.8 Å². The van der Waals surface area contributed by atoms with Crippen LogP contribution in [0.2, 0.25) is 0 Å². The predicted octanol–water partition coefficient (Wildman–Crippen LogP) is 4.72. The first-order valence-corrected chi connectivity index (χ1v) is 12.7. The zero-order valence-corrected chi connectivity index (χ0v) is 20.9. The molecule has 3 aromatic carbocycles. The summed E-state index contributed by atoms with van der Waals surface area (Å²) < 4.78 is 56.1. The maximum atomic E-state index is 13.5. The number of rotatable bonds is 8. The minimum absolute atomic E-state index is 0.0103. The fourth-order valence-corrected chi connectivity index (χ4v) is 5.33. The van der Waals surface area contributed by atoms with E-state index in [0.717, 1.165) is 39.1 Å². The summed E-state index contributed by atoms with van der Waals surface area (Å²) in [5.74, 6) is -1.56. The molecule has 1 amide bonds. The minimum Gasteiger partial charge on any atom is -0.318 e. The lowest BCUT2D eigenvalue weighted by molar-refractivity contribution is -0.119. The van der Waals surface area contributed by atoms with Gasteiger partial charge in [-0.3, -0.25) is 9.10 Å². The summed E-state index contributed by atoms with van der Waals surface area (Å²) in [6.07, 6.45) is 1.45. The van der Waals surface area contributed by atoms with E-state index < -0.39 is 28.3 Å². The Kier molecular flexibility index (Phi) is 7.49. The third kappa shape index (κ3) is 5.75. The molecule has 0 fully saturated rings. The van der Waals surface area contributed by atoms with Gasteiger partial charge >= 0.3 is 0 Å². The van der Waals surface area contributed by atoms with Crippen LogP contribution in [-0.2, 0) is 14.8 Å². The van der Waals surface area contributed by atoms with Crippen LogP contribution in [0.1, 0.15) is 17.0 Å². The SMILES string of the molecule is Cc1cc(/C=N\NC(=O)CN(c2ccc(F)cc2)S(=O)(=O)c2ccccc2)c(C)n1-c1ccc(F)cc1. The van der Waals surface area contributed by atoms with Crippen molar-refractivity contribution < 1.29 is 22.0 Å². The second-order valence-electron chi connectivity index (χ2n) is 8.23. The van der Waals surface area contributed by atoms with Crippen LogP contribution < -0.4 is 9.73 Å². The molecule has 0 saturated heterocycles. The summed E-state index contributed by atoms with van der Waals surface area (Å²) >= 11 is 0. The highest BCUT2D eigenvalue weighted by molar-refractivity contribution is 7.92. The number of benzene rings is 3. The average molecular weight is 523 g/mol. The quantitative estimate of drug-likeness (QED) is 0.269. The number of amides is 1. The number of nitrogens with one attached hydrogen (secondary N) is 1. The molecule has 37 heavy (non-hydrogen) atoms. The van der Waals surface area contributed by atoms with E-state index in [9.17, 15) is 22.0 Å². The number of carbonyl (C=O) groups is 1. The monoisotopic (exact) mass is 522 g/mol. The zero-order chi connectivity index (χ0) is 26.6. The van der Waals surface area contributed by atoms with E-state index in [1.54, 1.807) is 30.3 Å². The summed E-state index contributed by atoms with van der Waals surface area (Å²) in [6, 6.07) is 20.4. The zero-order valence-electron chi connectivity index (χ0n) is 20.1. The van der Waals surface area contributed by atoms with Gasteiger partial charge in [-0.2, -0.15) is 5.10 Å². The number of hydrogen-bond donors (Lipinski definition) is 1. The molecule has 0 unspecified atom stereocenters. The number of sulfonamides is 1. The molecule has 4 rings (SSSR count). The highest BCUT2D eigenvalue weighted by Gasteiger charge is 2.27. The minimum atomic E-state index is -4.11. The van der Waals surface area contributed by atoms with E-state index in [0.29, 0.717) is 0 Å². The van der Waals surface area contributed by atoms with Gasteiger partial charge in [0, 0.05) is 22.6 Å². The molecule has 0 radical (unpaired) electrons. The normalized spacial score (nSPS) is 11.6. The molecule has 0 aliphatic rings. The lowest BCUT2D eigenvalue weighted by Gasteiger charge is -2.23. The first-order chi connectivity index (χ1) is 17.7. The number of nitrogens with zero attached hydrogens (tertiary/aromatic N) is 3. The summed E-state index contributed by atoms with van der Waals surface area (Å²) in [7, 11) is -4.11. The molecule has 10 heteroatoms. The molecule has 1 heterocycles. The lowest BCUT2D eigenvalue weighted by Crippen LogP contribution is -2.39. The number of aryl methyl sites for hydroxylation is 1. The van der Waals surface area contributed by atoms with Gasteiger partial charge in [-0.05, 0) is 80.6 Å². The van der Waals surface area contributed by atoms with Gasteiger partial charge in [-0.25, -0.2) is 22.6 Å². The van der Waals surface area contributed by atoms with Gasteiger partial charge in [0.1, 0.15) is 18.2 Å². The highest BCUT2D eigenvalue weighted by atomic mass is 32.2. The molecular weight excluding hydrogens is 498 g/mol. The molecule has 0 aliphatic carbocycles. The molecule has 190 valence electrons. The van der Waals surface area contributed by atoms with Crippen LogP contribution in [0, 0.1) is 25.5 Å². The Bertz CT molecular complexity index is 1530. The van der Waals surface area contributed by atoms with Crippen LogP contribution in [0.15, 0.2) is 94.9 Å². The largest absolute Gasteiger partial charge is 0.318 e. The topological polar surface area (TPSA) is 83.8 Å². The lowest BCUT2D eigenvalue weighted by atomic mass is 10.2. The van der Waals surface area contributed by atoms with Crippen LogP contribution in [-0.4, -0.2) is 31.7 Å². The maximum Gasteiger partial charge on any atom is 0.264 e. The second-order valence-corrected chi connectivity index (χ2v) is 10.1. The number of hydrazone groups is 1. The highest BCUT2D eigenvalue weighted by Crippen LogP contribution is 2.24. The summed E-state index contributed by atoms with van der Waals surface area (Å²) in [4.78, 5) is 12.7. The van der Waals surface area contributed by atoms with E-state index in [4.69, 9.17) is 0 Å². The Morgan fingerprint density at radius 2 is 1.54 bits per heavy atom. The molecule has 7 nitrogen and oxygen atoms in total. The molecule has 0 aliphatic heterocycles. The van der Waals surface area contributed by atoms with Crippen molar-refractivity contribution in [3.63, 3.8) is 0 Å². The van der Waals surface area contributed by atoms with Crippen molar-refractivity contribution in [1.29, 1.82) is 0 Å². The van der Waals surface area contributed by atoms with E-state index in [-0.39, 0.29) is 16.4 Å². The molecule has 1 N–H and O–H groups in total. The first kappa shape index (κ1) is 25.8. The van der Waals surface area contributed by atoms with E-state index in [1.807, 2.05) is 24.5 Å². The molecule has 0 saturated carbocycles. The average Bonchev–Trinajstić information content (AvgIpc) is 3.17. The fraction of sp³-hybridized carbons (Fsp3) is 0.111. The first-order valence-electron chi connectivity index (χ1n) is 11.3. The van der Waals surface area contributed by atoms with Crippen molar-refractivity contribution in [1.82, 2.24) is 9.99 Å². The molecular formula is C27H24F2N4O3S. The van der Waals surface area contributed by atoms with Crippen molar-refractivity contribution in [2.24, 2.45) is 5.10 Å². The van der Waals surface area contributed by atoms with Gasteiger partial charge in [0.2, 0.25) is 0 Å². The summed E-state index contributed by atoms with van der Waals surface area (Å²) in [5.41, 5.74) is 5.69.